The van der Waals surface area contributed by atoms with E-state index in [4.69, 9.17) is 9.47 Å². The van der Waals surface area contributed by atoms with Gasteiger partial charge in [-0.1, -0.05) is 97.1 Å². The summed E-state index contributed by atoms with van der Waals surface area (Å²) in [7, 11) is 1.10. The second kappa shape index (κ2) is 13.5. The highest BCUT2D eigenvalue weighted by Crippen LogP contribution is 2.60. The van der Waals surface area contributed by atoms with Crippen LogP contribution in [0.4, 0.5) is 17.1 Å². The highest BCUT2D eigenvalue weighted by molar-refractivity contribution is 6.91. The maximum Gasteiger partial charge on any atom is 0.264 e. The molecule has 1 unspecified atom stereocenters. The first kappa shape index (κ1) is 36.0. The first-order chi connectivity index (χ1) is 27.1. The number of carbonyl (C=O) groups is 2. The number of likely N-dealkylation sites (N-methyl/N-ethyl adjacent to an activating group) is 1. The molecular formula is C45H45N5O5Si. The lowest BCUT2D eigenvalue weighted by atomic mass is 9.82. The molecule has 5 aromatic carbocycles. The van der Waals surface area contributed by atoms with Crippen molar-refractivity contribution >= 4 is 52.9 Å². The molecule has 11 heteroatoms. The maximum atomic E-state index is 14.9. The molecule has 5 atom stereocenters. The summed E-state index contributed by atoms with van der Waals surface area (Å²) in [5, 5.41) is 22.5. The van der Waals surface area contributed by atoms with Crippen LogP contribution in [0.15, 0.2) is 115 Å². The van der Waals surface area contributed by atoms with Crippen LogP contribution in [0.3, 0.4) is 0 Å². The van der Waals surface area contributed by atoms with E-state index in [1.54, 1.807) is 16.9 Å². The molecule has 0 saturated carbocycles. The molecule has 6 aromatic rings. The normalized spacial score (nSPS) is 22.1. The number of aromatic nitrogens is 3. The summed E-state index contributed by atoms with van der Waals surface area (Å²) in [6.07, 6.45) is 2.20. The second-order valence-corrected chi connectivity index (χ2v) is 20.6. The molecule has 1 N–H and O–H groups in total. The van der Waals surface area contributed by atoms with Crippen molar-refractivity contribution in [2.75, 3.05) is 30.6 Å². The van der Waals surface area contributed by atoms with E-state index in [9.17, 15) is 14.7 Å². The number of methoxy groups -OCH3 is 1. The zero-order valence-electron chi connectivity index (χ0n) is 32.2. The number of fused-ring (bicyclic) bond motifs is 2. The molecular weight excluding hydrogens is 719 g/mol. The van der Waals surface area contributed by atoms with Crippen molar-refractivity contribution in [1.82, 2.24) is 15.0 Å². The number of rotatable bonds is 10. The van der Waals surface area contributed by atoms with Gasteiger partial charge in [-0.3, -0.25) is 19.2 Å². The third-order valence-corrected chi connectivity index (χ3v) is 17.1. The molecule has 1 spiro atoms. The summed E-state index contributed by atoms with van der Waals surface area (Å²) in [6, 6.07) is 35.9. The van der Waals surface area contributed by atoms with Gasteiger partial charge in [0.15, 0.2) is 5.60 Å². The molecule has 1 saturated heterocycles. The summed E-state index contributed by atoms with van der Waals surface area (Å²) < 4.78 is 14.7. The number of benzene rings is 5. The Hall–Kier alpha value is -5.62. The number of carbonyl (C=O) groups excluding carboxylic acids is 2. The molecule has 284 valence electrons. The van der Waals surface area contributed by atoms with Crippen molar-refractivity contribution < 1.29 is 24.2 Å². The van der Waals surface area contributed by atoms with Gasteiger partial charge in [0, 0.05) is 42.3 Å². The van der Waals surface area contributed by atoms with Crippen LogP contribution in [-0.4, -0.2) is 66.9 Å². The molecule has 0 bridgehead atoms. The van der Waals surface area contributed by atoms with Crippen LogP contribution in [0, 0.1) is 5.92 Å². The zero-order chi connectivity index (χ0) is 38.9. The van der Waals surface area contributed by atoms with Gasteiger partial charge in [0.1, 0.15) is 5.75 Å². The second-order valence-electron chi connectivity index (χ2n) is 15.9. The van der Waals surface area contributed by atoms with E-state index < -0.39 is 13.7 Å². The Morgan fingerprint density at radius 1 is 0.929 bits per heavy atom. The van der Waals surface area contributed by atoms with Gasteiger partial charge in [0.25, 0.3) is 11.8 Å². The van der Waals surface area contributed by atoms with E-state index >= 15 is 0 Å². The number of hydrogen-bond donors (Lipinski definition) is 1. The number of aryl methyl sites for hydroxylation is 1. The minimum atomic E-state index is -2.40. The van der Waals surface area contributed by atoms with Gasteiger partial charge in [-0.2, -0.15) is 0 Å². The van der Waals surface area contributed by atoms with E-state index in [0.717, 1.165) is 39.0 Å². The highest BCUT2D eigenvalue weighted by Gasteiger charge is 2.66. The maximum absolute atomic E-state index is 14.9. The van der Waals surface area contributed by atoms with Crippen LogP contribution in [0.1, 0.15) is 46.4 Å². The quantitative estimate of drug-likeness (QED) is 0.148. The predicted molar refractivity (Wildman–Crippen MR) is 220 cm³/mol. The molecule has 1 aromatic heterocycles. The Bertz CT molecular complexity index is 2480. The lowest BCUT2D eigenvalue weighted by Gasteiger charge is -2.37. The van der Waals surface area contributed by atoms with Gasteiger partial charge in [-0.05, 0) is 65.4 Å². The van der Waals surface area contributed by atoms with E-state index in [1.807, 2.05) is 115 Å². The summed E-state index contributed by atoms with van der Waals surface area (Å²) >= 11 is 0. The molecule has 56 heavy (non-hydrogen) atoms. The van der Waals surface area contributed by atoms with Crippen molar-refractivity contribution in [2.24, 2.45) is 5.92 Å². The van der Waals surface area contributed by atoms with Crippen molar-refractivity contribution in [3.8, 4) is 5.75 Å². The summed E-state index contributed by atoms with van der Waals surface area (Å²) in [4.78, 5) is 32.4. The lowest BCUT2D eigenvalue weighted by Crippen LogP contribution is -2.51. The number of ether oxygens (including phenoxy) is 2. The van der Waals surface area contributed by atoms with Crippen LogP contribution < -0.4 is 19.7 Å². The van der Waals surface area contributed by atoms with E-state index in [-0.39, 0.29) is 41.9 Å². The SMILES string of the molecule is COc1ccc([Si](C)(C)[C@@H]2[C@@H](CCn3cc(C(CO)c4ccccc4)nn3)O[C@]3(C(=O)N(C)c4ccc(N5C(=O)c6cccc7cccc5c67)cc43)[C@H]2C)cc1. The van der Waals surface area contributed by atoms with Crippen molar-refractivity contribution in [3.05, 3.63) is 138 Å². The number of aliphatic hydroxyl groups is 1. The predicted octanol–water partition coefficient (Wildman–Crippen LogP) is 7.14. The topological polar surface area (TPSA) is 110 Å². The molecule has 0 radical (unpaired) electrons. The minimum Gasteiger partial charge on any atom is -0.497 e. The first-order valence-corrected chi connectivity index (χ1v) is 22.3. The summed E-state index contributed by atoms with van der Waals surface area (Å²) in [5.74, 6) is 0.115. The van der Waals surface area contributed by atoms with Gasteiger partial charge >= 0.3 is 0 Å². The summed E-state index contributed by atoms with van der Waals surface area (Å²) in [6.45, 7) is 7.34. The Morgan fingerprint density at radius 3 is 2.41 bits per heavy atom. The van der Waals surface area contributed by atoms with Crippen LogP contribution >= 0.6 is 0 Å². The fourth-order valence-corrected chi connectivity index (χ4v) is 13.9. The van der Waals surface area contributed by atoms with Crippen molar-refractivity contribution in [1.29, 1.82) is 0 Å². The largest absolute Gasteiger partial charge is 0.497 e. The fraction of sp³-hybridized carbons (Fsp3) is 0.289. The molecule has 1 fully saturated rings. The smallest absolute Gasteiger partial charge is 0.264 e. The first-order valence-electron chi connectivity index (χ1n) is 19.3. The van der Waals surface area contributed by atoms with Gasteiger partial charge in [0.2, 0.25) is 0 Å². The van der Waals surface area contributed by atoms with Crippen LogP contribution in [0.2, 0.25) is 18.6 Å². The fourth-order valence-electron chi connectivity index (χ4n) is 9.89. The number of hydrogen-bond acceptors (Lipinski definition) is 7. The van der Waals surface area contributed by atoms with E-state index in [2.05, 4.69) is 42.5 Å². The average Bonchev–Trinajstić information content (AvgIpc) is 3.94. The van der Waals surface area contributed by atoms with Gasteiger partial charge in [-0.25, -0.2) is 0 Å². The number of nitrogens with zero attached hydrogens (tertiary/aromatic N) is 5. The third kappa shape index (κ3) is 5.36. The monoisotopic (exact) mass is 763 g/mol. The summed E-state index contributed by atoms with van der Waals surface area (Å²) in [5.41, 5.74) is 4.21. The minimum absolute atomic E-state index is 0.0202. The Kier molecular flexibility index (Phi) is 8.72. The zero-order valence-corrected chi connectivity index (χ0v) is 33.2. The van der Waals surface area contributed by atoms with Gasteiger partial charge in [0.05, 0.1) is 56.4 Å². The lowest BCUT2D eigenvalue weighted by molar-refractivity contribution is -0.145. The Balaban J connectivity index is 1.10. The number of aliphatic hydroxyl groups excluding tert-OH is 1. The molecule has 3 aliphatic rings. The Labute approximate surface area is 327 Å². The van der Waals surface area contributed by atoms with Crippen molar-refractivity contribution in [2.45, 2.75) is 56.1 Å². The molecule has 9 rings (SSSR count). The highest BCUT2D eigenvalue weighted by atomic mass is 28.3. The molecule has 10 nitrogen and oxygen atoms in total. The van der Waals surface area contributed by atoms with Crippen LogP contribution in [-0.2, 0) is 21.7 Å². The van der Waals surface area contributed by atoms with E-state index in [1.165, 1.54) is 5.19 Å². The molecule has 0 aliphatic carbocycles. The van der Waals surface area contributed by atoms with Crippen LogP contribution in [0.5, 0.6) is 5.75 Å². The molecule has 3 aliphatic heterocycles. The van der Waals surface area contributed by atoms with Gasteiger partial charge < -0.3 is 19.5 Å². The Morgan fingerprint density at radius 2 is 1.68 bits per heavy atom. The molecule has 2 amide bonds. The third-order valence-electron chi connectivity index (χ3n) is 12.7. The number of amides is 2. The van der Waals surface area contributed by atoms with Crippen LogP contribution in [0.25, 0.3) is 10.8 Å². The average molecular weight is 764 g/mol. The van der Waals surface area contributed by atoms with Crippen molar-refractivity contribution in [3.63, 3.8) is 0 Å². The molecule has 4 heterocycles. The standard InChI is InChI=1S/C45H45N5O5Si/c1-28-42(56(4,5)33-20-18-32(54-3)19-21-33)40(23-24-49-26-37(46-47-49)35(27-51)29-11-7-6-8-12-29)55-45(28)36-25-31(17-22-38(36)48(2)44(45)53)50-39-16-10-14-30-13-9-15-34(41(30)39)43(50)52/h6-22,25-26,28,35,40,42,51H,23-24,27H2,1-5H3/t28-,35?,40+,42-,45+/m0/s1. The van der Waals surface area contributed by atoms with E-state index in [0.29, 0.717) is 29.9 Å². The number of anilines is 3. The van der Waals surface area contributed by atoms with Gasteiger partial charge in [-0.15, -0.1) is 5.10 Å².